The van der Waals surface area contributed by atoms with Crippen molar-refractivity contribution < 1.29 is 18.7 Å². The molecule has 4 aromatic rings. The van der Waals surface area contributed by atoms with Gasteiger partial charge in [0.1, 0.15) is 18.2 Å². The number of hydrogen-bond donors (Lipinski definition) is 3. The first-order valence-electron chi connectivity index (χ1n) is 9.25. The van der Waals surface area contributed by atoms with Crippen LogP contribution in [0.2, 0.25) is 0 Å². The Morgan fingerprint density at radius 3 is 2.30 bits per heavy atom. The number of hydrogen-bond acceptors (Lipinski definition) is 3. The predicted octanol–water partition coefficient (Wildman–Crippen LogP) is 3.96. The van der Waals surface area contributed by atoms with Gasteiger partial charge in [-0.25, -0.2) is 4.39 Å². The van der Waals surface area contributed by atoms with Crippen molar-refractivity contribution in [2.75, 3.05) is 0 Å². The number of carbonyl (C=O) groups excluding carboxylic acids is 2. The molecule has 0 atom stereocenters. The molecule has 7 heteroatoms. The number of para-hydroxylation sites is 2. The molecule has 30 heavy (non-hydrogen) atoms. The molecule has 1 heterocycles. The molecule has 3 N–H and O–H groups in total. The Bertz CT molecular complexity index is 1200. The maximum Gasteiger partial charge on any atom is 0.273 e. The van der Waals surface area contributed by atoms with Crippen molar-refractivity contribution in [1.29, 1.82) is 0 Å². The second-order valence-corrected chi connectivity index (χ2v) is 6.57. The Hall–Kier alpha value is -4.13. The molecular formula is C23H18FN3O3. The van der Waals surface area contributed by atoms with Gasteiger partial charge >= 0.3 is 0 Å². The van der Waals surface area contributed by atoms with Gasteiger partial charge in [0, 0.05) is 17.1 Å². The molecule has 0 saturated heterocycles. The van der Waals surface area contributed by atoms with E-state index in [4.69, 9.17) is 4.74 Å². The van der Waals surface area contributed by atoms with Gasteiger partial charge in [0.05, 0.1) is 11.1 Å². The van der Waals surface area contributed by atoms with Gasteiger partial charge in [-0.3, -0.25) is 20.4 Å². The van der Waals surface area contributed by atoms with Crippen LogP contribution in [0.15, 0.2) is 79.0 Å². The monoisotopic (exact) mass is 403 g/mol. The number of nitrogens with one attached hydrogen (secondary N) is 3. The van der Waals surface area contributed by atoms with Gasteiger partial charge in [-0.2, -0.15) is 0 Å². The number of H-pyrrole nitrogens is 1. The van der Waals surface area contributed by atoms with E-state index >= 15 is 0 Å². The SMILES string of the molecule is O=C(NNC(=O)c1c[nH]c2ccccc12)c1ccccc1OCc1ccc(F)cc1. The highest BCUT2D eigenvalue weighted by Crippen LogP contribution is 2.20. The summed E-state index contributed by atoms with van der Waals surface area (Å²) in [7, 11) is 0. The molecule has 0 radical (unpaired) electrons. The highest BCUT2D eigenvalue weighted by Gasteiger charge is 2.15. The Kier molecular flexibility index (Phi) is 5.43. The Morgan fingerprint density at radius 2 is 1.50 bits per heavy atom. The number of aromatic amines is 1. The molecule has 6 nitrogen and oxygen atoms in total. The van der Waals surface area contributed by atoms with Crippen LogP contribution in [0, 0.1) is 5.82 Å². The number of benzene rings is 3. The van der Waals surface area contributed by atoms with Crippen LogP contribution in [0.25, 0.3) is 10.9 Å². The van der Waals surface area contributed by atoms with Crippen molar-refractivity contribution in [1.82, 2.24) is 15.8 Å². The quantitative estimate of drug-likeness (QED) is 0.441. The van der Waals surface area contributed by atoms with Crippen molar-refractivity contribution in [3.8, 4) is 5.75 Å². The first kappa shape index (κ1) is 19.2. The van der Waals surface area contributed by atoms with Crippen LogP contribution in [0.1, 0.15) is 26.3 Å². The average molecular weight is 403 g/mol. The number of rotatable bonds is 5. The minimum absolute atomic E-state index is 0.173. The van der Waals surface area contributed by atoms with Crippen LogP contribution in [0.3, 0.4) is 0 Å². The topological polar surface area (TPSA) is 83.2 Å². The lowest BCUT2D eigenvalue weighted by Gasteiger charge is -2.12. The number of carbonyl (C=O) groups is 2. The van der Waals surface area contributed by atoms with Crippen LogP contribution >= 0.6 is 0 Å². The molecule has 0 saturated carbocycles. The number of hydrazine groups is 1. The van der Waals surface area contributed by atoms with Crippen LogP contribution in [-0.2, 0) is 6.61 Å². The van der Waals surface area contributed by atoms with Crippen LogP contribution in [0.5, 0.6) is 5.75 Å². The van der Waals surface area contributed by atoms with Gasteiger partial charge in [-0.15, -0.1) is 0 Å². The normalized spacial score (nSPS) is 10.6. The number of fused-ring (bicyclic) bond motifs is 1. The Balaban J connectivity index is 1.42. The lowest BCUT2D eigenvalue weighted by atomic mass is 10.1. The summed E-state index contributed by atoms with van der Waals surface area (Å²) < 4.78 is 18.7. The largest absolute Gasteiger partial charge is 0.488 e. The minimum Gasteiger partial charge on any atom is -0.488 e. The molecule has 0 aliphatic rings. The fourth-order valence-corrected chi connectivity index (χ4v) is 3.03. The van der Waals surface area contributed by atoms with Gasteiger partial charge in [0.25, 0.3) is 11.8 Å². The predicted molar refractivity (Wildman–Crippen MR) is 110 cm³/mol. The highest BCUT2D eigenvalue weighted by molar-refractivity contribution is 6.07. The first-order valence-corrected chi connectivity index (χ1v) is 9.25. The number of halogens is 1. The zero-order valence-corrected chi connectivity index (χ0v) is 15.8. The number of ether oxygens (including phenoxy) is 1. The molecule has 0 aliphatic heterocycles. The summed E-state index contributed by atoms with van der Waals surface area (Å²) in [5, 5.41) is 0.757. The van der Waals surface area contributed by atoms with E-state index in [0.29, 0.717) is 11.3 Å². The third-order valence-electron chi connectivity index (χ3n) is 4.56. The summed E-state index contributed by atoms with van der Waals surface area (Å²) in [5.74, 6) is -0.937. The molecule has 0 unspecified atom stereocenters. The van der Waals surface area contributed by atoms with E-state index in [1.54, 1.807) is 42.6 Å². The Labute approximate surface area is 171 Å². The van der Waals surface area contributed by atoms with E-state index in [-0.39, 0.29) is 18.0 Å². The summed E-state index contributed by atoms with van der Waals surface area (Å²) in [6, 6.07) is 20.0. The van der Waals surface area contributed by atoms with E-state index in [2.05, 4.69) is 15.8 Å². The van der Waals surface area contributed by atoms with Gasteiger partial charge in [-0.1, -0.05) is 42.5 Å². The standard InChI is InChI=1S/C23H18FN3O3/c24-16-11-9-15(10-12-16)14-30-21-8-4-2-6-18(21)22(28)26-27-23(29)19-13-25-20-7-3-1-5-17(19)20/h1-13,25H,14H2,(H,26,28)(H,27,29). The number of amides is 2. The van der Waals surface area contributed by atoms with E-state index in [9.17, 15) is 14.0 Å². The summed E-state index contributed by atoms with van der Waals surface area (Å²) in [5.41, 5.74) is 7.12. The molecule has 150 valence electrons. The fraction of sp³-hybridized carbons (Fsp3) is 0.0435. The van der Waals surface area contributed by atoms with Crippen LogP contribution in [-0.4, -0.2) is 16.8 Å². The zero-order chi connectivity index (χ0) is 20.9. The lowest BCUT2D eigenvalue weighted by Crippen LogP contribution is -2.41. The van der Waals surface area contributed by atoms with Crippen LogP contribution in [0.4, 0.5) is 4.39 Å². The van der Waals surface area contributed by atoms with Crippen molar-refractivity contribution in [2.24, 2.45) is 0 Å². The molecule has 0 fully saturated rings. The van der Waals surface area contributed by atoms with Crippen LogP contribution < -0.4 is 15.6 Å². The molecule has 2 amide bonds. The maximum absolute atomic E-state index is 13.0. The smallest absolute Gasteiger partial charge is 0.273 e. The molecule has 0 bridgehead atoms. The third-order valence-corrected chi connectivity index (χ3v) is 4.56. The molecule has 4 rings (SSSR count). The molecule has 1 aromatic heterocycles. The van der Waals surface area contributed by atoms with E-state index in [0.717, 1.165) is 16.5 Å². The fourth-order valence-electron chi connectivity index (χ4n) is 3.03. The maximum atomic E-state index is 13.0. The van der Waals surface area contributed by atoms with Gasteiger partial charge in [0.2, 0.25) is 0 Å². The van der Waals surface area contributed by atoms with E-state index < -0.39 is 11.8 Å². The second kappa shape index (κ2) is 8.48. The van der Waals surface area contributed by atoms with Gasteiger partial charge in [-0.05, 0) is 35.9 Å². The lowest BCUT2D eigenvalue weighted by molar-refractivity contribution is 0.0845. The average Bonchev–Trinajstić information content (AvgIpc) is 3.21. The highest BCUT2D eigenvalue weighted by atomic mass is 19.1. The molecule has 0 aliphatic carbocycles. The van der Waals surface area contributed by atoms with Crippen molar-refractivity contribution in [3.05, 3.63) is 102 Å². The van der Waals surface area contributed by atoms with Gasteiger partial charge < -0.3 is 9.72 Å². The Morgan fingerprint density at radius 1 is 0.833 bits per heavy atom. The third kappa shape index (κ3) is 4.15. The number of aromatic nitrogens is 1. The second-order valence-electron chi connectivity index (χ2n) is 6.57. The van der Waals surface area contributed by atoms with Gasteiger partial charge in [0.15, 0.2) is 0 Å². The van der Waals surface area contributed by atoms with E-state index in [1.807, 2.05) is 24.3 Å². The summed E-state index contributed by atoms with van der Waals surface area (Å²) in [6.45, 7) is 0.173. The molecule has 0 spiro atoms. The molecule has 3 aromatic carbocycles. The zero-order valence-electron chi connectivity index (χ0n) is 15.8. The van der Waals surface area contributed by atoms with E-state index in [1.165, 1.54) is 12.1 Å². The van der Waals surface area contributed by atoms with Crippen molar-refractivity contribution in [3.63, 3.8) is 0 Å². The molecular weight excluding hydrogens is 385 g/mol. The first-order chi connectivity index (χ1) is 14.6. The van der Waals surface area contributed by atoms with Crippen molar-refractivity contribution in [2.45, 2.75) is 6.61 Å². The minimum atomic E-state index is -0.516. The summed E-state index contributed by atoms with van der Waals surface area (Å²) >= 11 is 0. The van der Waals surface area contributed by atoms with Crippen molar-refractivity contribution >= 4 is 22.7 Å². The summed E-state index contributed by atoms with van der Waals surface area (Å²) in [6.07, 6.45) is 1.59. The summed E-state index contributed by atoms with van der Waals surface area (Å²) in [4.78, 5) is 28.1.